The average molecular weight is 470 g/mol. The standard InChI is InChI=1S/C21H19ClF3N3O4/c1-12-20(31)28(16-5-3-4-6-17(16)32-12)11-19(30)27(2)10-18(29)26-13-7-8-15(22)14(9-13)21(23,24)25/h3-9,12H,10-11H2,1-2H3,(H,26,29)/t12-/m1/s1. The summed E-state index contributed by atoms with van der Waals surface area (Å²) in [5.41, 5.74) is -0.763. The maximum atomic E-state index is 13.0. The number of halogens is 4. The first kappa shape index (κ1) is 23.4. The number of nitrogens with zero attached hydrogens (tertiary/aromatic N) is 2. The van der Waals surface area contributed by atoms with Gasteiger partial charge in [-0.2, -0.15) is 13.2 Å². The molecule has 3 amide bonds. The molecule has 170 valence electrons. The predicted molar refractivity (Wildman–Crippen MR) is 112 cm³/mol. The number of nitrogens with one attached hydrogen (secondary N) is 1. The zero-order valence-corrected chi connectivity index (χ0v) is 17.8. The Labute approximate surface area is 186 Å². The molecule has 0 saturated heterocycles. The molecular weight excluding hydrogens is 451 g/mol. The van der Waals surface area contributed by atoms with Gasteiger partial charge in [-0.3, -0.25) is 19.3 Å². The molecule has 1 aliphatic heterocycles. The number of likely N-dealkylation sites (N-methyl/N-ethyl adjacent to an activating group) is 1. The van der Waals surface area contributed by atoms with Crippen LogP contribution in [-0.2, 0) is 20.6 Å². The fourth-order valence-corrected chi connectivity index (χ4v) is 3.33. The van der Waals surface area contributed by atoms with E-state index in [-0.39, 0.29) is 12.2 Å². The highest BCUT2D eigenvalue weighted by atomic mass is 35.5. The first-order valence-electron chi connectivity index (χ1n) is 9.45. The van der Waals surface area contributed by atoms with Crippen LogP contribution < -0.4 is 15.0 Å². The van der Waals surface area contributed by atoms with Crippen molar-refractivity contribution in [1.29, 1.82) is 0 Å². The highest BCUT2D eigenvalue weighted by molar-refractivity contribution is 6.31. The fourth-order valence-electron chi connectivity index (χ4n) is 3.10. The molecule has 1 N–H and O–H groups in total. The maximum absolute atomic E-state index is 13.0. The highest BCUT2D eigenvalue weighted by Crippen LogP contribution is 2.36. The Morgan fingerprint density at radius 1 is 1.22 bits per heavy atom. The monoisotopic (exact) mass is 469 g/mol. The molecule has 1 heterocycles. The molecule has 0 saturated carbocycles. The number of carbonyl (C=O) groups excluding carboxylic acids is 3. The van der Waals surface area contributed by atoms with Crippen LogP contribution in [0.15, 0.2) is 42.5 Å². The largest absolute Gasteiger partial charge is 0.479 e. The number of fused-ring (bicyclic) bond motifs is 1. The smallest absolute Gasteiger partial charge is 0.417 e. The Balaban J connectivity index is 1.65. The molecule has 0 unspecified atom stereocenters. The van der Waals surface area contributed by atoms with Crippen LogP contribution in [0.25, 0.3) is 0 Å². The Kier molecular flexibility index (Phi) is 6.63. The number of hydrogen-bond donors (Lipinski definition) is 1. The summed E-state index contributed by atoms with van der Waals surface area (Å²) in [5, 5.41) is 1.82. The van der Waals surface area contributed by atoms with Gasteiger partial charge in [-0.25, -0.2) is 0 Å². The molecule has 0 radical (unpaired) electrons. The van der Waals surface area contributed by atoms with E-state index in [1.165, 1.54) is 18.0 Å². The van der Waals surface area contributed by atoms with E-state index in [9.17, 15) is 27.6 Å². The quantitative estimate of drug-likeness (QED) is 0.726. The molecular formula is C21H19ClF3N3O4. The molecule has 1 atom stereocenters. The highest BCUT2D eigenvalue weighted by Gasteiger charge is 2.34. The van der Waals surface area contributed by atoms with Crippen LogP contribution in [0.5, 0.6) is 5.75 Å². The lowest BCUT2D eigenvalue weighted by atomic mass is 10.2. The van der Waals surface area contributed by atoms with Gasteiger partial charge in [0.25, 0.3) is 5.91 Å². The van der Waals surface area contributed by atoms with Gasteiger partial charge in [0.05, 0.1) is 22.8 Å². The third kappa shape index (κ3) is 5.13. The lowest BCUT2D eigenvalue weighted by Crippen LogP contribution is -2.49. The van der Waals surface area contributed by atoms with Crippen LogP contribution in [-0.4, -0.2) is 48.9 Å². The van der Waals surface area contributed by atoms with E-state index in [0.717, 1.165) is 11.0 Å². The van der Waals surface area contributed by atoms with E-state index < -0.39 is 47.1 Å². The van der Waals surface area contributed by atoms with Crippen LogP contribution in [0.3, 0.4) is 0 Å². The van der Waals surface area contributed by atoms with Crippen molar-refractivity contribution in [2.24, 2.45) is 0 Å². The molecule has 11 heteroatoms. The minimum absolute atomic E-state index is 0.112. The van der Waals surface area contributed by atoms with E-state index in [1.807, 2.05) is 0 Å². The lowest BCUT2D eigenvalue weighted by molar-refractivity contribution is -0.137. The summed E-state index contributed by atoms with van der Waals surface area (Å²) in [7, 11) is 1.35. The fraction of sp³-hybridized carbons (Fsp3) is 0.286. The van der Waals surface area contributed by atoms with E-state index in [0.29, 0.717) is 17.5 Å². The summed E-state index contributed by atoms with van der Waals surface area (Å²) in [6, 6.07) is 9.71. The van der Waals surface area contributed by atoms with Crippen molar-refractivity contribution >= 4 is 40.7 Å². The van der Waals surface area contributed by atoms with Gasteiger partial charge >= 0.3 is 6.18 Å². The number of anilines is 2. The number of amides is 3. The van der Waals surface area contributed by atoms with Gasteiger partial charge < -0.3 is 15.0 Å². The Bertz CT molecular complexity index is 1060. The molecule has 7 nitrogen and oxygen atoms in total. The minimum Gasteiger partial charge on any atom is -0.479 e. The van der Waals surface area contributed by atoms with E-state index in [1.54, 1.807) is 31.2 Å². The van der Waals surface area contributed by atoms with Crippen LogP contribution in [0.2, 0.25) is 5.02 Å². The van der Waals surface area contributed by atoms with Crippen molar-refractivity contribution in [2.45, 2.75) is 19.2 Å². The van der Waals surface area contributed by atoms with Gasteiger partial charge in [0.2, 0.25) is 11.8 Å². The van der Waals surface area contributed by atoms with E-state index >= 15 is 0 Å². The zero-order chi connectivity index (χ0) is 23.6. The van der Waals surface area contributed by atoms with Crippen LogP contribution in [0.1, 0.15) is 12.5 Å². The minimum atomic E-state index is -4.68. The third-order valence-electron chi connectivity index (χ3n) is 4.73. The zero-order valence-electron chi connectivity index (χ0n) is 17.1. The number of para-hydroxylation sites is 2. The molecule has 0 spiro atoms. The average Bonchev–Trinajstić information content (AvgIpc) is 2.71. The topological polar surface area (TPSA) is 79.0 Å². The Morgan fingerprint density at radius 3 is 2.59 bits per heavy atom. The number of benzene rings is 2. The van der Waals surface area contributed by atoms with Gasteiger partial charge in [0.15, 0.2) is 6.10 Å². The van der Waals surface area contributed by atoms with Gasteiger partial charge in [-0.05, 0) is 37.3 Å². The summed E-state index contributed by atoms with van der Waals surface area (Å²) < 4.78 is 44.5. The van der Waals surface area contributed by atoms with E-state index in [2.05, 4.69) is 5.32 Å². The second-order valence-corrected chi connectivity index (χ2v) is 7.55. The van der Waals surface area contributed by atoms with Crippen LogP contribution >= 0.6 is 11.6 Å². The van der Waals surface area contributed by atoms with Crippen molar-refractivity contribution in [2.75, 3.05) is 30.4 Å². The summed E-state index contributed by atoms with van der Waals surface area (Å²) in [5.74, 6) is -1.20. The van der Waals surface area contributed by atoms with Crippen molar-refractivity contribution in [3.8, 4) is 5.75 Å². The van der Waals surface area contributed by atoms with E-state index in [4.69, 9.17) is 16.3 Å². The maximum Gasteiger partial charge on any atom is 0.417 e. The first-order chi connectivity index (χ1) is 15.0. The molecule has 0 fully saturated rings. The Morgan fingerprint density at radius 2 is 1.91 bits per heavy atom. The number of hydrogen-bond acceptors (Lipinski definition) is 4. The summed E-state index contributed by atoms with van der Waals surface area (Å²) in [6.07, 6.45) is -5.46. The second-order valence-electron chi connectivity index (χ2n) is 7.14. The number of carbonyl (C=O) groups is 3. The lowest BCUT2D eigenvalue weighted by Gasteiger charge is -2.33. The predicted octanol–water partition coefficient (Wildman–Crippen LogP) is 3.57. The van der Waals surface area contributed by atoms with Crippen molar-refractivity contribution in [3.05, 3.63) is 53.1 Å². The van der Waals surface area contributed by atoms with Gasteiger partial charge in [-0.15, -0.1) is 0 Å². The van der Waals surface area contributed by atoms with Crippen LogP contribution in [0, 0.1) is 0 Å². The number of ether oxygens (including phenoxy) is 1. The molecule has 0 aromatic heterocycles. The molecule has 0 bridgehead atoms. The molecule has 2 aromatic carbocycles. The van der Waals surface area contributed by atoms with Gasteiger partial charge in [0.1, 0.15) is 12.3 Å². The van der Waals surface area contributed by atoms with Crippen molar-refractivity contribution in [3.63, 3.8) is 0 Å². The normalized spacial score (nSPS) is 15.6. The summed E-state index contributed by atoms with van der Waals surface area (Å²) in [4.78, 5) is 39.7. The van der Waals surface area contributed by atoms with Gasteiger partial charge in [-0.1, -0.05) is 23.7 Å². The second kappa shape index (κ2) is 9.07. The Hall–Kier alpha value is -3.27. The molecule has 3 rings (SSSR count). The number of alkyl halides is 3. The molecule has 32 heavy (non-hydrogen) atoms. The van der Waals surface area contributed by atoms with Gasteiger partial charge in [0, 0.05) is 12.7 Å². The first-order valence-corrected chi connectivity index (χ1v) is 9.83. The third-order valence-corrected chi connectivity index (χ3v) is 5.06. The van der Waals surface area contributed by atoms with Crippen molar-refractivity contribution < 1.29 is 32.3 Å². The molecule has 2 aromatic rings. The summed E-state index contributed by atoms with van der Waals surface area (Å²) in [6.45, 7) is 0.805. The SMILES string of the molecule is C[C@H]1Oc2ccccc2N(CC(=O)N(C)CC(=O)Nc2ccc(Cl)c(C(F)(F)F)c2)C1=O. The number of rotatable bonds is 5. The molecule has 0 aliphatic carbocycles. The van der Waals surface area contributed by atoms with Crippen molar-refractivity contribution in [1.82, 2.24) is 4.90 Å². The van der Waals surface area contributed by atoms with Crippen LogP contribution in [0.4, 0.5) is 24.5 Å². The summed E-state index contributed by atoms with van der Waals surface area (Å²) >= 11 is 5.57. The molecule has 1 aliphatic rings.